The highest BCUT2D eigenvalue weighted by Gasteiger charge is 2.13. The molecule has 6 nitrogen and oxygen atoms in total. The van der Waals surface area contributed by atoms with Crippen LogP contribution in [0.2, 0.25) is 0 Å². The number of carbonyl (C=O) groups excluding carboxylic acids is 2. The van der Waals surface area contributed by atoms with Gasteiger partial charge in [-0.2, -0.15) is 0 Å². The number of unbranched alkanes of at least 4 members (excludes halogenated alkanes) is 18. The molecule has 274 valence electrons. The molecule has 2 unspecified atom stereocenters. The van der Waals surface area contributed by atoms with Crippen molar-refractivity contribution in [3.05, 3.63) is 0 Å². The van der Waals surface area contributed by atoms with Crippen LogP contribution < -0.4 is 0 Å². The Kier molecular flexibility index (Phi) is 34.3. The fraction of sp³-hybridized carbons (Fsp3) is 0.950. The molecule has 0 spiro atoms. The zero-order valence-corrected chi connectivity index (χ0v) is 31.3. The highest BCUT2D eigenvalue weighted by molar-refractivity contribution is 5.69. The third kappa shape index (κ3) is 30.2. The summed E-state index contributed by atoms with van der Waals surface area (Å²) in [5, 5.41) is 9.50. The van der Waals surface area contributed by atoms with Crippen LogP contribution in [0, 0.1) is 0 Å². The van der Waals surface area contributed by atoms with Crippen LogP contribution in [0.3, 0.4) is 0 Å². The van der Waals surface area contributed by atoms with Gasteiger partial charge in [0.25, 0.3) is 0 Å². The summed E-state index contributed by atoms with van der Waals surface area (Å²) in [7, 11) is 0. The number of carbonyl (C=O) groups is 2. The molecule has 0 aliphatic rings. The van der Waals surface area contributed by atoms with E-state index < -0.39 is 0 Å². The van der Waals surface area contributed by atoms with Gasteiger partial charge in [-0.05, 0) is 77.3 Å². The fourth-order valence-electron chi connectivity index (χ4n) is 6.23. The summed E-state index contributed by atoms with van der Waals surface area (Å²) in [6.45, 7) is 11.7. The summed E-state index contributed by atoms with van der Waals surface area (Å²) in [5.41, 5.74) is 0. The zero-order valence-electron chi connectivity index (χ0n) is 31.3. The maximum Gasteiger partial charge on any atom is 0.306 e. The second-order valence-electron chi connectivity index (χ2n) is 13.8. The largest absolute Gasteiger partial charge is 0.462 e. The molecule has 2 atom stereocenters. The van der Waals surface area contributed by atoms with Gasteiger partial charge in [-0.1, -0.05) is 130 Å². The average Bonchev–Trinajstić information content (AvgIpc) is 3.05. The number of aliphatic hydroxyl groups excluding tert-OH is 1. The summed E-state index contributed by atoms with van der Waals surface area (Å²) in [6, 6.07) is 0. The van der Waals surface area contributed by atoms with Crippen LogP contribution in [-0.4, -0.2) is 60.4 Å². The third-order valence-electron chi connectivity index (χ3n) is 9.39. The Morgan fingerprint density at radius 3 is 1.20 bits per heavy atom. The van der Waals surface area contributed by atoms with E-state index in [-0.39, 0.29) is 30.8 Å². The lowest BCUT2D eigenvalue weighted by Gasteiger charge is -2.21. The van der Waals surface area contributed by atoms with Gasteiger partial charge in [-0.25, -0.2) is 0 Å². The van der Waals surface area contributed by atoms with E-state index >= 15 is 0 Å². The minimum atomic E-state index is -0.0178. The van der Waals surface area contributed by atoms with Gasteiger partial charge in [-0.15, -0.1) is 0 Å². The van der Waals surface area contributed by atoms with Crippen LogP contribution in [0.4, 0.5) is 0 Å². The van der Waals surface area contributed by atoms with Gasteiger partial charge in [0.15, 0.2) is 0 Å². The molecule has 0 aliphatic carbocycles. The Balaban J connectivity index is 3.81. The molecule has 46 heavy (non-hydrogen) atoms. The van der Waals surface area contributed by atoms with E-state index in [4.69, 9.17) is 9.47 Å². The molecule has 0 aromatic rings. The molecule has 0 aromatic heterocycles. The van der Waals surface area contributed by atoms with Gasteiger partial charge in [0.1, 0.15) is 12.2 Å². The summed E-state index contributed by atoms with van der Waals surface area (Å²) in [6.07, 6.45) is 31.3. The molecular weight excluding hydrogens is 574 g/mol. The van der Waals surface area contributed by atoms with E-state index in [0.29, 0.717) is 12.8 Å². The maximum atomic E-state index is 12.3. The monoisotopic (exact) mass is 654 g/mol. The second-order valence-corrected chi connectivity index (χ2v) is 13.8. The molecule has 0 saturated carbocycles. The van der Waals surface area contributed by atoms with E-state index in [1.165, 1.54) is 89.9 Å². The van der Waals surface area contributed by atoms with Gasteiger partial charge in [0, 0.05) is 19.4 Å². The lowest BCUT2D eigenvalue weighted by molar-refractivity contribution is -0.150. The number of ether oxygens (including phenoxy) is 2. The topological polar surface area (TPSA) is 76.1 Å². The quantitative estimate of drug-likeness (QED) is 0.0535. The minimum absolute atomic E-state index is 0.0178. The van der Waals surface area contributed by atoms with Crippen LogP contribution in [0.25, 0.3) is 0 Å². The van der Waals surface area contributed by atoms with E-state index in [1.807, 2.05) is 0 Å². The first-order valence-corrected chi connectivity index (χ1v) is 20.2. The SMILES string of the molecule is CCCCCCCCC(CC)OC(=O)CCCCCCCN(CCO)CCCCCCCC(=O)OC(CC)CCCCCCCC. The Bertz CT molecular complexity index is 606. The van der Waals surface area contributed by atoms with Crippen molar-refractivity contribution in [1.82, 2.24) is 4.90 Å². The van der Waals surface area contributed by atoms with E-state index in [1.54, 1.807) is 0 Å². The minimum Gasteiger partial charge on any atom is -0.462 e. The smallest absolute Gasteiger partial charge is 0.306 e. The molecule has 0 aliphatic heterocycles. The van der Waals surface area contributed by atoms with Gasteiger partial charge in [0.2, 0.25) is 0 Å². The van der Waals surface area contributed by atoms with Crippen molar-refractivity contribution in [3.8, 4) is 0 Å². The van der Waals surface area contributed by atoms with E-state index in [2.05, 4.69) is 32.6 Å². The van der Waals surface area contributed by atoms with Gasteiger partial charge < -0.3 is 19.5 Å². The molecule has 1 N–H and O–H groups in total. The molecule has 0 aromatic carbocycles. The number of hydrogen-bond acceptors (Lipinski definition) is 6. The number of nitrogens with zero attached hydrogens (tertiary/aromatic N) is 1. The predicted octanol–water partition coefficient (Wildman–Crippen LogP) is 11.1. The number of aliphatic hydroxyl groups is 1. The van der Waals surface area contributed by atoms with E-state index in [9.17, 15) is 14.7 Å². The molecule has 0 amide bonds. The van der Waals surface area contributed by atoms with Crippen LogP contribution >= 0.6 is 0 Å². The number of rotatable bonds is 36. The molecule has 0 radical (unpaired) electrons. The zero-order chi connectivity index (χ0) is 33.9. The lowest BCUT2D eigenvalue weighted by Crippen LogP contribution is -2.29. The fourth-order valence-corrected chi connectivity index (χ4v) is 6.23. The Morgan fingerprint density at radius 2 is 0.826 bits per heavy atom. The Hall–Kier alpha value is -1.14. The number of esters is 2. The maximum absolute atomic E-state index is 12.3. The van der Waals surface area contributed by atoms with Crippen LogP contribution in [0.5, 0.6) is 0 Å². The average molecular weight is 654 g/mol. The summed E-state index contributed by atoms with van der Waals surface area (Å²) in [4.78, 5) is 27.0. The molecule has 0 fully saturated rings. The lowest BCUT2D eigenvalue weighted by atomic mass is 10.1. The van der Waals surface area contributed by atoms with Crippen molar-refractivity contribution in [2.75, 3.05) is 26.2 Å². The molecular formula is C40H79NO5. The van der Waals surface area contributed by atoms with Crippen molar-refractivity contribution >= 4 is 11.9 Å². The highest BCUT2D eigenvalue weighted by atomic mass is 16.5. The Labute approximate surface area is 286 Å². The third-order valence-corrected chi connectivity index (χ3v) is 9.39. The van der Waals surface area contributed by atoms with Gasteiger partial charge in [-0.3, -0.25) is 9.59 Å². The van der Waals surface area contributed by atoms with Crippen molar-refractivity contribution in [2.45, 2.75) is 220 Å². The second kappa shape index (κ2) is 35.2. The molecule has 0 rings (SSSR count). The van der Waals surface area contributed by atoms with Gasteiger partial charge in [0.05, 0.1) is 6.61 Å². The molecule has 0 bridgehead atoms. The standard InChI is InChI=1S/C40H79NO5/c1-5-9-11-13-17-23-29-37(7-3)45-39(43)31-25-19-15-21-27-33-41(35-36-42)34-28-22-16-20-26-32-40(44)46-38(8-4)30-24-18-14-12-10-6-2/h37-38,42H,5-36H2,1-4H3. The first-order chi connectivity index (χ1) is 22.5. The molecule has 0 heterocycles. The van der Waals surface area contributed by atoms with Crippen LogP contribution in [0.15, 0.2) is 0 Å². The summed E-state index contributed by atoms with van der Waals surface area (Å²) in [5.74, 6) is -0.0355. The van der Waals surface area contributed by atoms with Crippen molar-refractivity contribution < 1.29 is 24.2 Å². The first kappa shape index (κ1) is 44.9. The summed E-state index contributed by atoms with van der Waals surface area (Å²) >= 11 is 0. The van der Waals surface area contributed by atoms with E-state index in [0.717, 1.165) is 96.7 Å². The summed E-state index contributed by atoms with van der Waals surface area (Å²) < 4.78 is 11.5. The predicted molar refractivity (Wildman–Crippen MR) is 195 cm³/mol. The Morgan fingerprint density at radius 1 is 0.478 bits per heavy atom. The first-order valence-electron chi connectivity index (χ1n) is 20.2. The normalized spacial score (nSPS) is 12.8. The number of hydrogen-bond donors (Lipinski definition) is 1. The van der Waals surface area contributed by atoms with Crippen LogP contribution in [0.1, 0.15) is 207 Å². The molecule has 6 heteroatoms. The van der Waals surface area contributed by atoms with Crippen LogP contribution in [-0.2, 0) is 19.1 Å². The van der Waals surface area contributed by atoms with Crippen molar-refractivity contribution in [2.24, 2.45) is 0 Å². The highest BCUT2D eigenvalue weighted by Crippen LogP contribution is 2.16. The van der Waals surface area contributed by atoms with Gasteiger partial charge >= 0.3 is 11.9 Å². The molecule has 0 saturated heterocycles. The van der Waals surface area contributed by atoms with Crippen molar-refractivity contribution in [3.63, 3.8) is 0 Å². The van der Waals surface area contributed by atoms with Crippen molar-refractivity contribution in [1.29, 1.82) is 0 Å².